The number of para-hydroxylation sites is 1. The number of likely N-dealkylation sites (tertiary alicyclic amines) is 1. The molecule has 9 nitrogen and oxygen atoms in total. The maximum atomic E-state index is 14.0. The van der Waals surface area contributed by atoms with E-state index in [2.05, 4.69) is 10.6 Å². The predicted octanol–water partition coefficient (Wildman–Crippen LogP) is 3.71. The zero-order valence-electron chi connectivity index (χ0n) is 22.1. The van der Waals surface area contributed by atoms with Crippen LogP contribution in [0.25, 0.3) is 0 Å². The summed E-state index contributed by atoms with van der Waals surface area (Å²) in [5.74, 6) is -0.597. The summed E-state index contributed by atoms with van der Waals surface area (Å²) in [6.45, 7) is 1.24. The van der Waals surface area contributed by atoms with Crippen molar-refractivity contribution in [2.75, 3.05) is 48.8 Å². The van der Waals surface area contributed by atoms with Crippen molar-refractivity contribution in [2.45, 2.75) is 19.0 Å². The number of nitrogens with one attached hydrogen (secondary N) is 2. The van der Waals surface area contributed by atoms with Crippen LogP contribution < -0.4 is 20.4 Å². The number of hydrogen-bond acceptors (Lipinski definition) is 5. The molecule has 3 aromatic rings. The molecule has 0 aromatic heterocycles. The number of rotatable bonds is 6. The Kier molecular flexibility index (Phi) is 7.58. The van der Waals surface area contributed by atoms with E-state index in [1.54, 1.807) is 11.0 Å². The number of benzene rings is 3. The van der Waals surface area contributed by atoms with Gasteiger partial charge in [-0.15, -0.1) is 0 Å². The van der Waals surface area contributed by atoms with Crippen LogP contribution >= 0.6 is 0 Å². The second kappa shape index (κ2) is 11.4. The molecule has 3 aromatic carbocycles. The Hall–Kier alpha value is -4.66. The first-order valence-corrected chi connectivity index (χ1v) is 13.1. The summed E-state index contributed by atoms with van der Waals surface area (Å²) in [6, 6.07) is 23.8. The van der Waals surface area contributed by atoms with Crippen LogP contribution in [0.1, 0.15) is 24.0 Å². The van der Waals surface area contributed by atoms with Gasteiger partial charge in [-0.25, -0.2) is 9.79 Å². The van der Waals surface area contributed by atoms with Crippen molar-refractivity contribution in [1.29, 1.82) is 0 Å². The fraction of sp³-hybridized carbons (Fsp3) is 0.267. The van der Waals surface area contributed by atoms with Gasteiger partial charge < -0.3 is 20.4 Å². The molecule has 0 spiro atoms. The monoisotopic (exact) mass is 524 g/mol. The number of benzodiazepines with no additional fused rings is 1. The number of urea groups is 1. The summed E-state index contributed by atoms with van der Waals surface area (Å²) in [4.78, 5) is 50.2. The number of aliphatic imine (C=N–C) groups is 1. The number of carbonyl (C=O) groups excluding carboxylic acids is 3. The van der Waals surface area contributed by atoms with Gasteiger partial charge >= 0.3 is 6.03 Å². The van der Waals surface area contributed by atoms with E-state index in [9.17, 15) is 14.4 Å². The van der Waals surface area contributed by atoms with E-state index in [0.29, 0.717) is 30.2 Å². The van der Waals surface area contributed by atoms with Crippen molar-refractivity contribution >= 4 is 40.6 Å². The molecule has 4 amide bonds. The van der Waals surface area contributed by atoms with E-state index in [0.717, 1.165) is 29.7 Å². The third-order valence-corrected chi connectivity index (χ3v) is 6.90. The minimum absolute atomic E-state index is 0.123. The molecule has 0 aliphatic carbocycles. The number of amides is 4. The molecule has 200 valence electrons. The molecular weight excluding hydrogens is 492 g/mol. The maximum Gasteiger partial charge on any atom is 0.321 e. The number of hydrogen-bond donors (Lipinski definition) is 2. The highest BCUT2D eigenvalue weighted by Gasteiger charge is 2.35. The molecule has 2 aliphatic heterocycles. The molecule has 0 bridgehead atoms. The van der Waals surface area contributed by atoms with Crippen molar-refractivity contribution < 1.29 is 14.4 Å². The van der Waals surface area contributed by atoms with Crippen molar-refractivity contribution in [3.05, 3.63) is 90.0 Å². The Morgan fingerprint density at radius 2 is 1.67 bits per heavy atom. The second-order valence-corrected chi connectivity index (χ2v) is 9.82. The molecule has 39 heavy (non-hydrogen) atoms. The Morgan fingerprint density at radius 3 is 2.41 bits per heavy atom. The molecule has 2 N–H and O–H groups in total. The molecule has 5 rings (SSSR count). The zero-order valence-corrected chi connectivity index (χ0v) is 22.1. The first kappa shape index (κ1) is 26.0. The van der Waals surface area contributed by atoms with E-state index < -0.39 is 18.1 Å². The van der Waals surface area contributed by atoms with Crippen LogP contribution in [0.2, 0.25) is 0 Å². The van der Waals surface area contributed by atoms with E-state index >= 15 is 0 Å². The van der Waals surface area contributed by atoms with Crippen LogP contribution in [0.4, 0.5) is 21.9 Å². The van der Waals surface area contributed by atoms with Gasteiger partial charge in [0.2, 0.25) is 12.1 Å². The number of fused-ring (bicyclic) bond motifs is 1. The summed E-state index contributed by atoms with van der Waals surface area (Å²) in [5, 5.41) is 5.56. The largest absolute Gasteiger partial charge is 0.378 e. The molecule has 1 saturated heterocycles. The van der Waals surface area contributed by atoms with Gasteiger partial charge in [-0.3, -0.25) is 14.5 Å². The summed E-state index contributed by atoms with van der Waals surface area (Å²) in [7, 11) is 3.83. The third-order valence-electron chi connectivity index (χ3n) is 6.90. The van der Waals surface area contributed by atoms with Gasteiger partial charge in [-0.2, -0.15) is 0 Å². The van der Waals surface area contributed by atoms with Crippen LogP contribution in [0.15, 0.2) is 83.9 Å². The van der Waals surface area contributed by atoms with Crippen molar-refractivity contribution in [1.82, 2.24) is 10.2 Å². The first-order chi connectivity index (χ1) is 18.9. The molecule has 0 saturated carbocycles. The van der Waals surface area contributed by atoms with Crippen molar-refractivity contribution in [3.63, 3.8) is 0 Å². The SMILES string of the molecule is CN(C)c1cccc(NC(=O)N[C@H]2N=C(c3ccccc3)c3ccccc3N(CC(=O)N3CCCC3)C2=O)c1. The molecule has 2 heterocycles. The maximum absolute atomic E-state index is 14.0. The van der Waals surface area contributed by atoms with E-state index in [-0.39, 0.29) is 12.5 Å². The lowest BCUT2D eigenvalue weighted by molar-refractivity contribution is -0.130. The molecular formula is C30H32N6O3. The summed E-state index contributed by atoms with van der Waals surface area (Å²) >= 11 is 0. The quantitative estimate of drug-likeness (QED) is 0.514. The van der Waals surface area contributed by atoms with Gasteiger partial charge in [0.1, 0.15) is 6.54 Å². The van der Waals surface area contributed by atoms with Gasteiger partial charge in [-0.05, 0) is 37.1 Å². The summed E-state index contributed by atoms with van der Waals surface area (Å²) in [5.41, 5.74) is 4.17. The average molecular weight is 525 g/mol. The number of carbonyl (C=O) groups is 3. The minimum Gasteiger partial charge on any atom is -0.378 e. The summed E-state index contributed by atoms with van der Waals surface area (Å²) < 4.78 is 0. The van der Waals surface area contributed by atoms with Gasteiger partial charge in [0.25, 0.3) is 5.91 Å². The molecule has 9 heteroatoms. The Labute approximate surface area is 228 Å². The molecule has 0 radical (unpaired) electrons. The van der Waals surface area contributed by atoms with Gasteiger partial charge in [0, 0.05) is 49.7 Å². The zero-order chi connectivity index (χ0) is 27.4. The fourth-order valence-corrected chi connectivity index (χ4v) is 4.87. The minimum atomic E-state index is -1.24. The molecule has 2 aliphatic rings. The fourth-order valence-electron chi connectivity index (χ4n) is 4.87. The highest BCUT2D eigenvalue weighted by molar-refractivity contribution is 6.21. The highest BCUT2D eigenvalue weighted by Crippen LogP contribution is 2.28. The van der Waals surface area contributed by atoms with E-state index in [4.69, 9.17) is 4.99 Å². The number of anilines is 3. The van der Waals surface area contributed by atoms with Crippen LogP contribution in [-0.4, -0.2) is 68.4 Å². The highest BCUT2D eigenvalue weighted by atomic mass is 16.2. The van der Waals surface area contributed by atoms with Crippen LogP contribution in [0, 0.1) is 0 Å². The molecule has 1 fully saturated rings. The van der Waals surface area contributed by atoms with Gasteiger partial charge in [0.05, 0.1) is 11.4 Å². The second-order valence-electron chi connectivity index (χ2n) is 9.82. The van der Waals surface area contributed by atoms with E-state index in [1.165, 1.54) is 4.90 Å². The number of nitrogens with zero attached hydrogens (tertiary/aromatic N) is 4. The van der Waals surface area contributed by atoms with Crippen LogP contribution in [-0.2, 0) is 9.59 Å². The Bertz CT molecular complexity index is 1400. The first-order valence-electron chi connectivity index (χ1n) is 13.1. The smallest absolute Gasteiger partial charge is 0.321 e. The van der Waals surface area contributed by atoms with Crippen molar-refractivity contribution in [2.24, 2.45) is 4.99 Å². The predicted molar refractivity (Wildman–Crippen MR) is 153 cm³/mol. The molecule has 0 unspecified atom stereocenters. The van der Waals surface area contributed by atoms with Crippen molar-refractivity contribution in [3.8, 4) is 0 Å². The lowest BCUT2D eigenvalue weighted by Gasteiger charge is -2.27. The Balaban J connectivity index is 1.49. The van der Waals surface area contributed by atoms with Crippen LogP contribution in [0.5, 0.6) is 0 Å². The topological polar surface area (TPSA) is 97.3 Å². The summed E-state index contributed by atoms with van der Waals surface area (Å²) in [6.07, 6.45) is 0.671. The Morgan fingerprint density at radius 1 is 0.949 bits per heavy atom. The van der Waals surface area contributed by atoms with E-state index in [1.807, 2.05) is 91.8 Å². The van der Waals surface area contributed by atoms with Gasteiger partial charge in [0.15, 0.2) is 0 Å². The third kappa shape index (κ3) is 5.77. The standard InChI is InChI=1S/C30H32N6O3/c1-34(2)23-14-10-13-22(19-23)31-30(39)33-28-29(38)36(20-26(37)35-17-8-9-18-35)25-16-7-6-15-24(25)27(32-28)21-11-4-3-5-12-21/h3-7,10-16,19,28H,8-9,17-18,20H2,1-2H3,(H2,31,33,39)/t28-/m1/s1. The average Bonchev–Trinajstić information content (AvgIpc) is 3.46. The normalized spacial score (nSPS) is 16.7. The molecule has 1 atom stereocenters. The van der Waals surface area contributed by atoms with Gasteiger partial charge in [-0.1, -0.05) is 54.6 Å². The van der Waals surface area contributed by atoms with Crippen LogP contribution in [0.3, 0.4) is 0 Å². The lowest BCUT2D eigenvalue weighted by atomic mass is 10.0. The lowest BCUT2D eigenvalue weighted by Crippen LogP contribution is -2.51.